The van der Waals surface area contributed by atoms with Crippen molar-refractivity contribution in [1.29, 1.82) is 0 Å². The van der Waals surface area contributed by atoms with Crippen LogP contribution in [0.3, 0.4) is 0 Å². The van der Waals surface area contributed by atoms with E-state index in [-0.39, 0.29) is 18.3 Å². The van der Waals surface area contributed by atoms with Crippen LogP contribution in [-0.4, -0.2) is 24.9 Å². The molecule has 4 N–H and O–H groups in total. The Morgan fingerprint density at radius 1 is 1.27 bits per heavy atom. The molecule has 0 aromatic heterocycles. The summed E-state index contributed by atoms with van der Waals surface area (Å²) in [6.45, 7) is 4.24. The van der Waals surface area contributed by atoms with Crippen molar-refractivity contribution in [3.8, 4) is 0 Å². The number of carbonyl (C=O) groups is 2. The molecule has 22 heavy (non-hydrogen) atoms. The minimum atomic E-state index is -0.465. The monoisotopic (exact) mass is 325 g/mol. The fraction of sp³-hybridized carbons (Fsp3) is 0.500. The van der Waals surface area contributed by atoms with Crippen LogP contribution in [0.25, 0.3) is 0 Å². The van der Waals surface area contributed by atoms with E-state index in [4.69, 9.17) is 5.73 Å². The molecule has 1 saturated heterocycles. The lowest BCUT2D eigenvalue weighted by molar-refractivity contribution is -0.117. The van der Waals surface area contributed by atoms with Crippen LogP contribution < -0.4 is 16.4 Å². The second-order valence-corrected chi connectivity index (χ2v) is 5.76. The highest BCUT2D eigenvalue weighted by Crippen LogP contribution is 2.24. The van der Waals surface area contributed by atoms with Crippen molar-refractivity contribution < 1.29 is 9.59 Å². The van der Waals surface area contributed by atoms with Crippen LogP contribution >= 0.6 is 12.4 Å². The van der Waals surface area contributed by atoms with Crippen LogP contribution in [0.1, 0.15) is 36.5 Å². The first-order chi connectivity index (χ1) is 10.1. The number of piperidine rings is 1. The number of primary amides is 1. The third-order valence-electron chi connectivity index (χ3n) is 4.15. The quantitative estimate of drug-likeness (QED) is 0.775. The lowest BCUT2D eigenvalue weighted by atomic mass is 9.84. The maximum atomic E-state index is 12.1. The predicted octanol–water partition coefficient (Wildman–Crippen LogP) is 2.17. The van der Waals surface area contributed by atoms with E-state index in [1.165, 1.54) is 0 Å². The Bertz CT molecular complexity index is 499. The number of anilines is 1. The minimum absolute atomic E-state index is 0. The molecule has 1 aromatic rings. The summed E-state index contributed by atoms with van der Waals surface area (Å²) in [6, 6.07) is 6.64. The first kappa shape index (κ1) is 18.5. The van der Waals surface area contributed by atoms with Gasteiger partial charge in [-0.2, -0.15) is 0 Å². The number of amides is 2. The first-order valence-electron chi connectivity index (χ1n) is 7.46. The van der Waals surface area contributed by atoms with Gasteiger partial charge in [-0.25, -0.2) is 0 Å². The normalized spacial score (nSPS) is 16.4. The molecule has 1 aliphatic heterocycles. The van der Waals surface area contributed by atoms with E-state index in [2.05, 4.69) is 17.6 Å². The van der Waals surface area contributed by atoms with Gasteiger partial charge in [0.2, 0.25) is 11.8 Å². The van der Waals surface area contributed by atoms with Gasteiger partial charge < -0.3 is 16.4 Å². The lowest BCUT2D eigenvalue weighted by Crippen LogP contribution is -2.32. The van der Waals surface area contributed by atoms with Crippen LogP contribution in [0.4, 0.5) is 5.69 Å². The molecule has 0 aliphatic carbocycles. The van der Waals surface area contributed by atoms with Gasteiger partial charge in [-0.15, -0.1) is 12.4 Å². The molecule has 1 aliphatic rings. The summed E-state index contributed by atoms with van der Waals surface area (Å²) in [7, 11) is 0. The number of halogens is 1. The number of hydrogen-bond donors (Lipinski definition) is 3. The summed E-state index contributed by atoms with van der Waals surface area (Å²) in [5, 5.41) is 6.21. The lowest BCUT2D eigenvalue weighted by Gasteiger charge is -2.27. The maximum Gasteiger partial charge on any atom is 0.248 e. The van der Waals surface area contributed by atoms with Gasteiger partial charge in [0, 0.05) is 17.7 Å². The van der Waals surface area contributed by atoms with Gasteiger partial charge in [0.25, 0.3) is 0 Å². The van der Waals surface area contributed by atoms with Crippen molar-refractivity contribution in [3.05, 3.63) is 29.8 Å². The molecule has 6 heteroatoms. The molecule has 1 atom stereocenters. The predicted molar refractivity (Wildman–Crippen MR) is 90.2 cm³/mol. The smallest absolute Gasteiger partial charge is 0.248 e. The van der Waals surface area contributed by atoms with Crippen LogP contribution in [0.5, 0.6) is 0 Å². The van der Waals surface area contributed by atoms with Crippen LogP contribution in [0.15, 0.2) is 24.3 Å². The van der Waals surface area contributed by atoms with E-state index >= 15 is 0 Å². The van der Waals surface area contributed by atoms with E-state index in [0.717, 1.165) is 25.9 Å². The molecule has 0 radical (unpaired) electrons. The molecular formula is C16H24ClN3O2. The zero-order valence-corrected chi connectivity index (χ0v) is 13.6. The largest absolute Gasteiger partial charge is 0.366 e. The Hall–Kier alpha value is -1.59. The van der Waals surface area contributed by atoms with Crippen molar-refractivity contribution >= 4 is 29.9 Å². The highest BCUT2D eigenvalue weighted by atomic mass is 35.5. The number of benzene rings is 1. The van der Waals surface area contributed by atoms with Crippen LogP contribution in [0.2, 0.25) is 0 Å². The van der Waals surface area contributed by atoms with Gasteiger partial charge in [-0.1, -0.05) is 6.92 Å². The second-order valence-electron chi connectivity index (χ2n) is 5.76. The molecule has 122 valence electrons. The van der Waals surface area contributed by atoms with E-state index in [1.807, 2.05) is 0 Å². The van der Waals surface area contributed by atoms with Crippen molar-refractivity contribution in [2.75, 3.05) is 18.4 Å². The molecule has 1 heterocycles. The average Bonchev–Trinajstić information content (AvgIpc) is 2.48. The molecule has 1 fully saturated rings. The molecule has 2 amide bonds. The fourth-order valence-electron chi connectivity index (χ4n) is 2.80. The van der Waals surface area contributed by atoms with Gasteiger partial charge in [0.1, 0.15) is 0 Å². The van der Waals surface area contributed by atoms with Gasteiger partial charge in [-0.3, -0.25) is 9.59 Å². The molecule has 0 spiro atoms. The van der Waals surface area contributed by atoms with Crippen molar-refractivity contribution in [2.24, 2.45) is 17.6 Å². The van der Waals surface area contributed by atoms with Gasteiger partial charge in [0.05, 0.1) is 0 Å². The van der Waals surface area contributed by atoms with Gasteiger partial charge in [0.15, 0.2) is 0 Å². The summed E-state index contributed by atoms with van der Waals surface area (Å²) < 4.78 is 0. The standard InChI is InChI=1S/C16H23N3O2.ClH/c1-11(12-6-8-18-9-7-12)10-15(20)19-14-4-2-13(3-5-14)16(17)21;/h2-5,11-12,18H,6-10H2,1H3,(H2,17,21)(H,19,20);1H. The van der Waals surface area contributed by atoms with Crippen molar-refractivity contribution in [2.45, 2.75) is 26.2 Å². The molecule has 0 bridgehead atoms. The van der Waals surface area contributed by atoms with E-state index < -0.39 is 5.91 Å². The maximum absolute atomic E-state index is 12.1. The molecular weight excluding hydrogens is 302 g/mol. The summed E-state index contributed by atoms with van der Waals surface area (Å²) in [5.41, 5.74) is 6.32. The Labute approximate surface area is 137 Å². The third-order valence-corrected chi connectivity index (χ3v) is 4.15. The Morgan fingerprint density at radius 3 is 2.41 bits per heavy atom. The zero-order valence-electron chi connectivity index (χ0n) is 12.8. The summed E-state index contributed by atoms with van der Waals surface area (Å²) in [5.74, 6) is 0.562. The third kappa shape index (κ3) is 5.31. The highest BCUT2D eigenvalue weighted by molar-refractivity contribution is 5.94. The molecule has 5 nitrogen and oxygen atoms in total. The van der Waals surface area contributed by atoms with E-state index in [9.17, 15) is 9.59 Å². The molecule has 1 aromatic carbocycles. The average molecular weight is 326 g/mol. The van der Waals surface area contributed by atoms with Gasteiger partial charge >= 0.3 is 0 Å². The molecule has 0 saturated carbocycles. The van der Waals surface area contributed by atoms with Crippen LogP contribution in [-0.2, 0) is 4.79 Å². The number of hydrogen-bond acceptors (Lipinski definition) is 3. The Balaban J connectivity index is 0.00000242. The minimum Gasteiger partial charge on any atom is -0.366 e. The highest BCUT2D eigenvalue weighted by Gasteiger charge is 2.21. The van der Waals surface area contributed by atoms with Crippen molar-refractivity contribution in [1.82, 2.24) is 5.32 Å². The molecule has 1 unspecified atom stereocenters. The zero-order chi connectivity index (χ0) is 15.2. The first-order valence-corrected chi connectivity index (χ1v) is 7.46. The Morgan fingerprint density at radius 2 is 1.86 bits per heavy atom. The van der Waals surface area contributed by atoms with Crippen LogP contribution in [0, 0.1) is 11.8 Å². The summed E-state index contributed by atoms with van der Waals surface area (Å²) in [4.78, 5) is 23.1. The summed E-state index contributed by atoms with van der Waals surface area (Å²) >= 11 is 0. The number of rotatable bonds is 5. The number of carbonyl (C=O) groups excluding carboxylic acids is 2. The topological polar surface area (TPSA) is 84.2 Å². The molecule has 2 rings (SSSR count). The van der Waals surface area contributed by atoms with Crippen molar-refractivity contribution in [3.63, 3.8) is 0 Å². The Kier molecular flexibility index (Phi) is 7.35. The summed E-state index contributed by atoms with van der Waals surface area (Å²) in [6.07, 6.45) is 2.81. The van der Waals surface area contributed by atoms with E-state index in [0.29, 0.717) is 29.5 Å². The van der Waals surface area contributed by atoms with Gasteiger partial charge in [-0.05, 0) is 62.0 Å². The SMILES string of the molecule is CC(CC(=O)Nc1ccc(C(N)=O)cc1)C1CCNCC1.Cl. The second kappa shape index (κ2) is 8.76. The number of nitrogens with one attached hydrogen (secondary N) is 2. The number of nitrogens with two attached hydrogens (primary N) is 1. The fourth-order valence-corrected chi connectivity index (χ4v) is 2.80. The van der Waals surface area contributed by atoms with E-state index in [1.54, 1.807) is 24.3 Å².